The highest BCUT2D eigenvalue weighted by atomic mass is 19.1. The van der Waals surface area contributed by atoms with Gasteiger partial charge >= 0.3 is 11.9 Å². The third kappa shape index (κ3) is 7.50. The van der Waals surface area contributed by atoms with Crippen molar-refractivity contribution in [2.45, 2.75) is 82.7 Å². The maximum Gasteiger partial charge on any atom is 0.306 e. The Labute approximate surface area is 335 Å². The van der Waals surface area contributed by atoms with Gasteiger partial charge in [0.2, 0.25) is 5.91 Å². The van der Waals surface area contributed by atoms with Crippen molar-refractivity contribution in [3.8, 4) is 0 Å². The van der Waals surface area contributed by atoms with Crippen molar-refractivity contribution in [3.63, 3.8) is 0 Å². The van der Waals surface area contributed by atoms with E-state index < -0.39 is 76.8 Å². The molecule has 11 nitrogen and oxygen atoms in total. The Hall–Kier alpha value is -5.14. The average Bonchev–Trinajstić information content (AvgIpc) is 3.55. The van der Waals surface area contributed by atoms with Gasteiger partial charge in [0, 0.05) is 53.7 Å². The lowest BCUT2D eigenvalue weighted by atomic mass is 9.45. The maximum absolute atomic E-state index is 17.3. The summed E-state index contributed by atoms with van der Waals surface area (Å²) in [5.41, 5.74) is 3.71. The van der Waals surface area contributed by atoms with Gasteiger partial charge in [-0.1, -0.05) is 43.3 Å². The maximum atomic E-state index is 17.3. The Morgan fingerprint density at radius 1 is 1.00 bits per heavy atom. The number of Topliss-reactive ketones (excluding diaryl/α,β-unsaturated/α-hetero) is 1. The first-order valence-electron chi connectivity index (χ1n) is 19.9. The number of carbonyl (C=O) groups is 5. The molecule has 306 valence electrons. The minimum Gasteiger partial charge on any atom is -0.465 e. The fourth-order valence-electron chi connectivity index (χ4n) is 10.3. The zero-order valence-corrected chi connectivity index (χ0v) is 32.6. The number of ketones is 2. The van der Waals surface area contributed by atoms with Gasteiger partial charge in [-0.15, -0.1) is 0 Å². The van der Waals surface area contributed by atoms with Crippen molar-refractivity contribution in [2.75, 3.05) is 25.1 Å². The van der Waals surface area contributed by atoms with Crippen LogP contribution in [0.2, 0.25) is 0 Å². The zero-order valence-electron chi connectivity index (χ0n) is 32.6. The van der Waals surface area contributed by atoms with Crippen LogP contribution >= 0.6 is 0 Å². The van der Waals surface area contributed by atoms with E-state index in [2.05, 4.69) is 10.3 Å². The number of rotatable bonds is 13. The summed E-state index contributed by atoms with van der Waals surface area (Å²) in [5, 5.41) is 16.3. The Morgan fingerprint density at radius 3 is 2.48 bits per heavy atom. The van der Waals surface area contributed by atoms with E-state index in [0.29, 0.717) is 24.9 Å². The predicted molar refractivity (Wildman–Crippen MR) is 211 cm³/mol. The topological polar surface area (TPSA) is 175 Å². The highest BCUT2D eigenvalue weighted by Gasteiger charge is 2.72. The Morgan fingerprint density at radius 2 is 1.74 bits per heavy atom. The molecular weight excluding hydrogens is 749 g/mol. The molecule has 3 aromatic rings. The van der Waals surface area contributed by atoms with E-state index in [0.717, 1.165) is 28.0 Å². The minimum atomic E-state index is -2.22. The average molecular weight is 798 g/mol. The van der Waals surface area contributed by atoms with Crippen LogP contribution in [0.4, 0.5) is 14.5 Å². The van der Waals surface area contributed by atoms with Crippen molar-refractivity contribution >= 4 is 45.9 Å². The number of aliphatic hydroxyl groups is 1. The molecule has 2 aromatic carbocycles. The Kier molecular flexibility index (Phi) is 11.5. The number of pyridine rings is 1. The van der Waals surface area contributed by atoms with Crippen LogP contribution in [0.25, 0.3) is 10.8 Å². The first kappa shape index (κ1) is 41.0. The lowest BCUT2D eigenvalue weighted by Gasteiger charge is -2.62. The van der Waals surface area contributed by atoms with Gasteiger partial charge in [0.25, 0.3) is 0 Å². The second-order valence-electron chi connectivity index (χ2n) is 16.6. The van der Waals surface area contributed by atoms with Gasteiger partial charge in [-0.2, -0.15) is 0 Å². The first-order chi connectivity index (χ1) is 27.7. The van der Waals surface area contributed by atoms with Gasteiger partial charge in [-0.3, -0.25) is 29.0 Å². The molecule has 0 aliphatic heterocycles. The fourth-order valence-corrected chi connectivity index (χ4v) is 10.3. The molecule has 3 fully saturated rings. The van der Waals surface area contributed by atoms with Crippen molar-refractivity contribution in [1.29, 1.82) is 0 Å². The molecule has 4 aliphatic carbocycles. The molecule has 1 heterocycles. The number of amides is 1. The van der Waals surface area contributed by atoms with Crippen molar-refractivity contribution in [1.82, 2.24) is 4.98 Å². The molecule has 3 saturated carbocycles. The van der Waals surface area contributed by atoms with E-state index in [4.69, 9.17) is 15.2 Å². The molecule has 1 unspecified atom stereocenters. The van der Waals surface area contributed by atoms with Gasteiger partial charge in [-0.25, -0.2) is 8.78 Å². The SMILES string of the molecule is C[C@]12C[C@H](O)[C@@]3(F)[C@@H](C[C@H](F)C4=CC(=O)C=C[C@@]43C)[C@@H]1CC[C@@H]2C(=O)COC(=O)CCC(=O)OCCc1ccc(C(CN)C(=O)Nc2ccc3cnccc3c2)cc1. The summed E-state index contributed by atoms with van der Waals surface area (Å²) in [5.74, 6) is -4.88. The zero-order chi connectivity index (χ0) is 41.4. The second kappa shape index (κ2) is 16.2. The summed E-state index contributed by atoms with van der Waals surface area (Å²) in [6, 6.07) is 14.7. The molecular formula is C45H49F2N3O8. The first-order valence-corrected chi connectivity index (χ1v) is 19.9. The number of fused-ring (bicyclic) bond motifs is 6. The van der Waals surface area contributed by atoms with Crippen LogP contribution in [0, 0.1) is 28.6 Å². The molecule has 13 heteroatoms. The van der Waals surface area contributed by atoms with E-state index in [-0.39, 0.29) is 56.1 Å². The normalized spacial score (nSPS) is 30.3. The lowest BCUT2D eigenvalue weighted by Crippen LogP contribution is -2.68. The van der Waals surface area contributed by atoms with Gasteiger partial charge in [0.1, 0.15) is 12.8 Å². The lowest BCUT2D eigenvalue weighted by molar-refractivity contribution is -0.202. The van der Waals surface area contributed by atoms with Crippen LogP contribution in [-0.4, -0.2) is 77.2 Å². The summed E-state index contributed by atoms with van der Waals surface area (Å²) in [4.78, 5) is 67.7. The Bertz CT molecular complexity index is 2180. The number of nitrogens with two attached hydrogens (primary N) is 1. The summed E-state index contributed by atoms with van der Waals surface area (Å²) in [6.07, 6.45) is 4.57. The van der Waals surface area contributed by atoms with Crippen molar-refractivity contribution in [3.05, 3.63) is 95.9 Å². The molecule has 4 aliphatic rings. The van der Waals surface area contributed by atoms with Crippen LogP contribution in [0.5, 0.6) is 0 Å². The van der Waals surface area contributed by atoms with E-state index in [1.807, 2.05) is 55.5 Å². The number of nitrogens with one attached hydrogen (secondary N) is 1. The predicted octanol–water partition coefficient (Wildman–Crippen LogP) is 5.83. The molecule has 1 aromatic heterocycles. The van der Waals surface area contributed by atoms with Crippen LogP contribution in [0.3, 0.4) is 0 Å². The molecule has 9 atom stereocenters. The minimum absolute atomic E-state index is 0.0385. The standard InChI is InChI=1S/C45H49F2N3O8/c1-43-22-39(53)45(47)35(21-37(46)36-20-31(51)13-16-44(36,45)2)33(43)9-10-34(43)38(52)25-58-41(55)12-11-40(54)57-18-15-26-3-5-27(6-4-26)32(23-48)42(56)50-30-8-7-29-24-49-17-14-28(29)19-30/h3-8,13-14,16-17,19-20,24,32-35,37,39,53H,9-12,15,18,21-23,25,48H2,1-2H3,(H,50,56)/t32?,33-,34+,35-,37-,39-,43-,44-,45-/m0/s1. The number of aromatic nitrogens is 1. The number of alkyl halides is 2. The van der Waals surface area contributed by atoms with Gasteiger partial charge < -0.3 is 25.6 Å². The number of benzene rings is 2. The molecule has 0 bridgehead atoms. The van der Waals surface area contributed by atoms with Gasteiger partial charge in [-0.05, 0) is 96.4 Å². The van der Waals surface area contributed by atoms with Crippen molar-refractivity contribution < 1.29 is 47.3 Å². The van der Waals surface area contributed by atoms with Crippen molar-refractivity contribution in [2.24, 2.45) is 34.3 Å². The number of nitrogens with zero attached hydrogens (tertiary/aromatic N) is 1. The van der Waals surface area contributed by atoms with Crippen LogP contribution in [-0.2, 0) is 39.9 Å². The molecule has 58 heavy (non-hydrogen) atoms. The van der Waals surface area contributed by atoms with Crippen LogP contribution in [0.1, 0.15) is 69.4 Å². The number of carbonyl (C=O) groups excluding carboxylic acids is 5. The number of halogens is 2. The summed E-state index contributed by atoms with van der Waals surface area (Å²) in [7, 11) is 0. The molecule has 1 amide bonds. The fraction of sp³-hybridized carbons (Fsp3) is 0.467. The number of hydrogen-bond donors (Lipinski definition) is 3. The molecule has 0 saturated heterocycles. The van der Waals surface area contributed by atoms with Gasteiger partial charge in [0.05, 0.1) is 31.5 Å². The number of anilines is 1. The summed E-state index contributed by atoms with van der Waals surface area (Å²) in [6.45, 7) is 2.99. The second-order valence-corrected chi connectivity index (χ2v) is 16.6. The highest BCUT2D eigenvalue weighted by Crippen LogP contribution is 2.69. The third-order valence-electron chi connectivity index (χ3n) is 13.4. The van der Waals surface area contributed by atoms with E-state index in [1.165, 1.54) is 19.1 Å². The van der Waals surface area contributed by atoms with E-state index >= 15 is 8.78 Å². The molecule has 4 N–H and O–H groups in total. The largest absolute Gasteiger partial charge is 0.465 e. The van der Waals surface area contributed by atoms with Gasteiger partial charge in [0.15, 0.2) is 17.2 Å². The molecule has 0 radical (unpaired) electrons. The monoisotopic (exact) mass is 797 g/mol. The number of allylic oxidation sites excluding steroid dienone is 4. The third-order valence-corrected chi connectivity index (χ3v) is 13.4. The highest BCUT2D eigenvalue weighted by molar-refractivity contribution is 6.01. The van der Waals surface area contributed by atoms with E-state index in [1.54, 1.807) is 12.4 Å². The number of ether oxygens (including phenoxy) is 2. The number of aliphatic hydroxyl groups excluding tert-OH is 1. The Balaban J connectivity index is 0.845. The number of esters is 2. The smallest absolute Gasteiger partial charge is 0.306 e. The summed E-state index contributed by atoms with van der Waals surface area (Å²) < 4.78 is 43.5. The van der Waals surface area contributed by atoms with E-state index in [9.17, 15) is 29.1 Å². The summed E-state index contributed by atoms with van der Waals surface area (Å²) >= 11 is 0. The van der Waals surface area contributed by atoms with Crippen LogP contribution in [0.15, 0.2) is 84.7 Å². The number of hydrogen-bond acceptors (Lipinski definition) is 10. The quantitative estimate of drug-likeness (QED) is 0.179. The molecule has 7 rings (SSSR count). The molecule has 0 spiro atoms. The van der Waals surface area contributed by atoms with Crippen LogP contribution < -0.4 is 11.1 Å².